The lowest BCUT2D eigenvalue weighted by Gasteiger charge is -2.21. The van der Waals surface area contributed by atoms with Crippen LogP contribution in [0.2, 0.25) is 0 Å². The molecular formula is C17H10BrF5N. The summed E-state index contributed by atoms with van der Waals surface area (Å²) >= 11 is 3.24. The summed E-state index contributed by atoms with van der Waals surface area (Å²) in [7, 11) is 0. The molecule has 0 atom stereocenters. The van der Waals surface area contributed by atoms with E-state index >= 15 is 0 Å². The molecule has 125 valence electrons. The molecule has 0 bridgehead atoms. The Balaban J connectivity index is 2.71. The van der Waals surface area contributed by atoms with Crippen LogP contribution in [0.1, 0.15) is 23.6 Å². The number of hydrogen-bond donors (Lipinski definition) is 0. The van der Waals surface area contributed by atoms with Crippen molar-refractivity contribution in [2.75, 3.05) is 0 Å². The molecule has 2 rings (SSSR count). The monoisotopic (exact) mass is 402 g/mol. The third-order valence-corrected chi connectivity index (χ3v) is 4.18. The smallest absolute Gasteiger partial charge is 0.192 e. The number of rotatable bonds is 3. The van der Waals surface area contributed by atoms with Crippen LogP contribution in [0.25, 0.3) is 11.1 Å². The van der Waals surface area contributed by atoms with Gasteiger partial charge in [0, 0.05) is 10.0 Å². The highest BCUT2D eigenvalue weighted by atomic mass is 79.9. The van der Waals surface area contributed by atoms with Crippen molar-refractivity contribution in [1.82, 2.24) is 0 Å². The summed E-state index contributed by atoms with van der Waals surface area (Å²) in [6.07, 6.45) is -5.31. The van der Waals surface area contributed by atoms with Crippen LogP contribution in [-0.4, -0.2) is 6.18 Å². The Bertz CT molecular complexity index is 806. The maximum Gasteiger partial charge on any atom is 0.458 e. The van der Waals surface area contributed by atoms with Crippen molar-refractivity contribution < 1.29 is 22.0 Å². The molecule has 0 amide bonds. The van der Waals surface area contributed by atoms with Crippen molar-refractivity contribution in [3.05, 3.63) is 57.6 Å². The van der Waals surface area contributed by atoms with E-state index in [-0.39, 0.29) is 11.1 Å². The molecule has 0 spiro atoms. The number of halogens is 6. The molecule has 0 fully saturated rings. The number of nitrogens with zero attached hydrogens (tertiary/aromatic N) is 1. The summed E-state index contributed by atoms with van der Waals surface area (Å²) in [6.45, 7) is 1.74. The number of alkyl halides is 5. The molecule has 0 N–H and O–H groups in total. The molecule has 0 aromatic heterocycles. The molecule has 1 radical (unpaired) electrons. The molecule has 0 aliphatic carbocycles. The van der Waals surface area contributed by atoms with E-state index in [4.69, 9.17) is 5.26 Å². The van der Waals surface area contributed by atoms with Gasteiger partial charge in [-0.05, 0) is 59.5 Å². The van der Waals surface area contributed by atoms with Gasteiger partial charge in [0.25, 0.3) is 0 Å². The zero-order valence-electron chi connectivity index (χ0n) is 12.3. The Labute approximate surface area is 143 Å². The highest BCUT2D eigenvalue weighted by Crippen LogP contribution is 2.45. The second-order valence-corrected chi connectivity index (χ2v) is 5.87. The van der Waals surface area contributed by atoms with Crippen molar-refractivity contribution in [3.8, 4) is 17.2 Å². The van der Waals surface area contributed by atoms with Gasteiger partial charge in [0.05, 0.1) is 11.6 Å². The first kappa shape index (κ1) is 18.4. The fraction of sp³-hybridized carbons (Fsp3) is 0.235. The van der Waals surface area contributed by atoms with Gasteiger partial charge in [-0.25, -0.2) is 0 Å². The van der Waals surface area contributed by atoms with E-state index in [1.54, 1.807) is 13.0 Å². The molecule has 0 saturated carbocycles. The summed E-state index contributed by atoms with van der Waals surface area (Å²) in [5.41, 5.74) is 0.108. The van der Waals surface area contributed by atoms with Gasteiger partial charge >= 0.3 is 12.1 Å². The lowest BCUT2D eigenvalue weighted by Crippen LogP contribution is -2.33. The van der Waals surface area contributed by atoms with Crippen LogP contribution in [-0.2, 0) is 12.3 Å². The summed E-state index contributed by atoms with van der Waals surface area (Å²) in [4.78, 5) is 0. The van der Waals surface area contributed by atoms with Gasteiger partial charge < -0.3 is 0 Å². The average molecular weight is 403 g/mol. The van der Waals surface area contributed by atoms with Crippen LogP contribution in [0, 0.1) is 17.4 Å². The fourth-order valence-electron chi connectivity index (χ4n) is 2.21. The fourth-order valence-corrected chi connectivity index (χ4v) is 2.67. The van der Waals surface area contributed by atoms with E-state index in [0.717, 1.165) is 6.07 Å². The molecule has 0 unspecified atom stereocenters. The number of benzene rings is 2. The zero-order valence-corrected chi connectivity index (χ0v) is 13.9. The highest BCUT2D eigenvalue weighted by molar-refractivity contribution is 9.10. The predicted molar refractivity (Wildman–Crippen MR) is 82.5 cm³/mol. The quantitative estimate of drug-likeness (QED) is 0.577. The number of aryl methyl sites for hydroxylation is 1. The van der Waals surface area contributed by atoms with E-state index in [1.165, 1.54) is 12.1 Å². The standard InChI is InChI=1S/C17H10BrF5N/c1-2-11-4-5-12(16(19,20)17(21,22)23)8-13(11)14-7-10(9-24)3-6-15(14)18/h3,5-8H,2H2,1H3. The van der Waals surface area contributed by atoms with Crippen molar-refractivity contribution >= 4 is 15.9 Å². The van der Waals surface area contributed by atoms with E-state index in [2.05, 4.69) is 22.0 Å². The topological polar surface area (TPSA) is 23.8 Å². The third-order valence-electron chi connectivity index (χ3n) is 3.48. The van der Waals surface area contributed by atoms with Crippen molar-refractivity contribution in [2.24, 2.45) is 0 Å². The van der Waals surface area contributed by atoms with Crippen LogP contribution in [0.4, 0.5) is 22.0 Å². The Kier molecular flexibility index (Phi) is 5.00. The Morgan fingerprint density at radius 2 is 1.79 bits per heavy atom. The Hall–Kier alpha value is -1.94. The van der Waals surface area contributed by atoms with E-state index in [1.807, 2.05) is 6.07 Å². The first-order valence-corrected chi connectivity index (χ1v) is 7.60. The average Bonchev–Trinajstić information content (AvgIpc) is 2.53. The van der Waals surface area contributed by atoms with Gasteiger partial charge in [0.15, 0.2) is 0 Å². The van der Waals surface area contributed by atoms with Crippen molar-refractivity contribution in [2.45, 2.75) is 25.4 Å². The van der Waals surface area contributed by atoms with Gasteiger partial charge in [0.2, 0.25) is 0 Å². The highest BCUT2D eigenvalue weighted by Gasteiger charge is 2.58. The Morgan fingerprint density at radius 1 is 1.12 bits per heavy atom. The molecular weight excluding hydrogens is 393 g/mol. The molecule has 0 heterocycles. The Morgan fingerprint density at radius 3 is 2.33 bits per heavy atom. The maximum absolute atomic E-state index is 13.6. The summed E-state index contributed by atoms with van der Waals surface area (Å²) in [6, 6.07) is 10.4. The van der Waals surface area contributed by atoms with E-state index < -0.39 is 17.7 Å². The number of hydrogen-bond acceptors (Lipinski definition) is 1. The lowest BCUT2D eigenvalue weighted by atomic mass is 9.93. The summed E-state index contributed by atoms with van der Waals surface area (Å²) in [5.74, 6) is -4.98. The maximum atomic E-state index is 13.6. The van der Waals surface area contributed by atoms with Crippen LogP contribution >= 0.6 is 15.9 Å². The summed E-state index contributed by atoms with van der Waals surface area (Å²) < 4.78 is 65.6. The van der Waals surface area contributed by atoms with Crippen LogP contribution in [0.15, 0.2) is 34.8 Å². The molecule has 0 aliphatic rings. The van der Waals surface area contributed by atoms with Crippen LogP contribution < -0.4 is 0 Å². The van der Waals surface area contributed by atoms with Gasteiger partial charge in [0.1, 0.15) is 0 Å². The SMILES string of the molecule is CCc1[c]cc(C(F)(F)C(F)(F)F)cc1-c1cc(C#N)ccc1Br. The minimum Gasteiger partial charge on any atom is -0.192 e. The second kappa shape index (κ2) is 6.52. The molecule has 7 heteroatoms. The van der Waals surface area contributed by atoms with Crippen LogP contribution in [0.3, 0.4) is 0 Å². The van der Waals surface area contributed by atoms with Gasteiger partial charge in [-0.1, -0.05) is 22.9 Å². The largest absolute Gasteiger partial charge is 0.458 e. The van der Waals surface area contributed by atoms with Crippen molar-refractivity contribution in [1.29, 1.82) is 5.26 Å². The first-order chi connectivity index (χ1) is 11.1. The minimum absolute atomic E-state index is 0.183. The van der Waals surface area contributed by atoms with E-state index in [0.29, 0.717) is 28.1 Å². The molecule has 1 nitrogen and oxygen atoms in total. The molecule has 24 heavy (non-hydrogen) atoms. The zero-order chi connectivity index (χ0) is 18.1. The molecule has 0 saturated heterocycles. The molecule has 2 aromatic rings. The van der Waals surface area contributed by atoms with Gasteiger partial charge in [-0.3, -0.25) is 0 Å². The van der Waals surface area contributed by atoms with Gasteiger partial charge in [-0.2, -0.15) is 27.2 Å². The lowest BCUT2D eigenvalue weighted by molar-refractivity contribution is -0.289. The first-order valence-electron chi connectivity index (χ1n) is 6.81. The number of nitriles is 1. The normalized spacial score (nSPS) is 12.1. The summed E-state index contributed by atoms with van der Waals surface area (Å²) in [5, 5.41) is 8.97. The molecule has 2 aromatic carbocycles. The van der Waals surface area contributed by atoms with E-state index in [9.17, 15) is 22.0 Å². The minimum atomic E-state index is -5.70. The third kappa shape index (κ3) is 3.29. The van der Waals surface area contributed by atoms with Crippen molar-refractivity contribution in [3.63, 3.8) is 0 Å². The predicted octanol–water partition coefficient (Wildman–Crippen LogP) is 6.00. The van der Waals surface area contributed by atoms with Crippen LogP contribution in [0.5, 0.6) is 0 Å². The second-order valence-electron chi connectivity index (χ2n) is 5.01. The molecule has 0 aliphatic heterocycles. The van der Waals surface area contributed by atoms with Gasteiger partial charge in [-0.15, -0.1) is 0 Å².